The van der Waals surface area contributed by atoms with Gasteiger partial charge in [-0.2, -0.15) is 5.26 Å². The Morgan fingerprint density at radius 3 is 2.35 bits per heavy atom. The largest absolute Gasteiger partial charge is 0.492 e. The van der Waals surface area contributed by atoms with E-state index in [9.17, 15) is 19.6 Å². The van der Waals surface area contributed by atoms with E-state index in [1.54, 1.807) is 42.6 Å². The van der Waals surface area contributed by atoms with Crippen LogP contribution in [0.4, 0.5) is 17.1 Å². The van der Waals surface area contributed by atoms with Crippen molar-refractivity contribution in [1.29, 1.82) is 5.26 Å². The first-order valence-corrected chi connectivity index (χ1v) is 14.7. The average Bonchev–Trinajstić information content (AvgIpc) is 3.04. The van der Waals surface area contributed by atoms with Crippen molar-refractivity contribution in [1.82, 2.24) is 14.9 Å². The highest BCUT2D eigenvalue weighted by Gasteiger charge is 2.16. The maximum Gasteiger partial charge on any atom is 0.328 e. The number of nitrogens with zero attached hydrogens (tertiary/aromatic N) is 4. The minimum atomic E-state index is -1.26. The number of halogens is 1. The Bertz CT molecular complexity index is 1840. The van der Waals surface area contributed by atoms with Crippen LogP contribution in [0.3, 0.4) is 0 Å². The molecule has 13 nitrogen and oxygen atoms in total. The van der Waals surface area contributed by atoms with E-state index in [0.717, 1.165) is 5.69 Å². The van der Waals surface area contributed by atoms with Gasteiger partial charge in [0, 0.05) is 54.3 Å². The molecule has 2 aromatic heterocycles. The summed E-state index contributed by atoms with van der Waals surface area (Å²) >= 11 is 6.52. The van der Waals surface area contributed by atoms with Crippen LogP contribution in [0.2, 0.25) is 5.02 Å². The average molecular weight is 673 g/mol. The summed E-state index contributed by atoms with van der Waals surface area (Å²) in [7, 11) is 3.84. The molecule has 14 heteroatoms. The van der Waals surface area contributed by atoms with Crippen LogP contribution in [-0.4, -0.2) is 70.2 Å². The predicted molar refractivity (Wildman–Crippen MR) is 182 cm³/mol. The fourth-order valence-corrected chi connectivity index (χ4v) is 4.21. The number of nitrogens with one attached hydrogen (secondary N) is 2. The normalized spacial score (nSPS) is 10.8. The molecule has 0 fully saturated rings. The van der Waals surface area contributed by atoms with Crippen LogP contribution in [-0.2, 0) is 21.0 Å². The minimum Gasteiger partial charge on any atom is -0.492 e. The van der Waals surface area contributed by atoms with Crippen molar-refractivity contribution >= 4 is 57.4 Å². The quantitative estimate of drug-likeness (QED) is 0.128. The predicted octanol–water partition coefficient (Wildman–Crippen LogP) is 5.64. The molecule has 0 aliphatic heterocycles. The van der Waals surface area contributed by atoms with Crippen LogP contribution in [0.15, 0.2) is 85.2 Å². The molecule has 0 aliphatic rings. The van der Waals surface area contributed by atoms with Crippen LogP contribution >= 0.6 is 11.6 Å². The second kappa shape index (κ2) is 18.2. The zero-order chi connectivity index (χ0) is 35.1. The number of amides is 1. The van der Waals surface area contributed by atoms with Gasteiger partial charge in [0.1, 0.15) is 24.2 Å². The number of benzene rings is 2. The Labute approximate surface area is 281 Å². The highest BCUT2D eigenvalue weighted by Crippen LogP contribution is 2.37. The summed E-state index contributed by atoms with van der Waals surface area (Å²) in [4.78, 5) is 42.4. The molecule has 2 heterocycles. The molecular formula is C34H33ClN6O7. The Kier molecular flexibility index (Phi) is 13.9. The second-order valence-electron chi connectivity index (χ2n) is 10.0. The van der Waals surface area contributed by atoms with Crippen LogP contribution in [0.25, 0.3) is 10.9 Å². The van der Waals surface area contributed by atoms with E-state index in [2.05, 4.69) is 26.7 Å². The number of anilines is 3. The number of fused-ring (bicyclic) bond motifs is 1. The van der Waals surface area contributed by atoms with E-state index >= 15 is 0 Å². The number of carboxylic acid groups (broad SMARTS) is 2. The van der Waals surface area contributed by atoms with Crippen LogP contribution in [0.5, 0.6) is 11.5 Å². The van der Waals surface area contributed by atoms with E-state index < -0.39 is 11.9 Å². The zero-order valence-corrected chi connectivity index (χ0v) is 27.1. The summed E-state index contributed by atoms with van der Waals surface area (Å²) < 4.78 is 11.6. The highest BCUT2D eigenvalue weighted by atomic mass is 35.5. The third-order valence-corrected chi connectivity index (χ3v) is 6.35. The fourth-order valence-electron chi connectivity index (χ4n) is 3.97. The highest BCUT2D eigenvalue weighted by molar-refractivity contribution is 6.32. The lowest BCUT2D eigenvalue weighted by Gasteiger charge is -2.16. The molecule has 248 valence electrons. The smallest absolute Gasteiger partial charge is 0.328 e. The summed E-state index contributed by atoms with van der Waals surface area (Å²) in [5.74, 6) is -1.83. The number of carboxylic acids is 2. The van der Waals surface area contributed by atoms with Crippen molar-refractivity contribution in [3.05, 3.63) is 102 Å². The molecule has 2 aromatic carbocycles. The molecule has 4 rings (SSSR count). The Hall–Kier alpha value is -5.97. The number of aliphatic carboxylic acids is 2. The first kappa shape index (κ1) is 36.5. The van der Waals surface area contributed by atoms with Crippen molar-refractivity contribution in [2.45, 2.75) is 13.5 Å². The number of aromatic nitrogens is 2. The molecule has 0 saturated carbocycles. The minimum absolute atomic E-state index is 0.280. The number of carbonyl (C=O) groups excluding carboxylic acids is 1. The Morgan fingerprint density at radius 2 is 1.75 bits per heavy atom. The van der Waals surface area contributed by atoms with Crippen molar-refractivity contribution in [3.63, 3.8) is 0 Å². The first-order valence-electron chi connectivity index (χ1n) is 14.4. The number of hydrogen-bond acceptors (Lipinski definition) is 10. The third-order valence-electron chi connectivity index (χ3n) is 6.06. The lowest BCUT2D eigenvalue weighted by Crippen LogP contribution is -2.13. The number of pyridine rings is 2. The van der Waals surface area contributed by atoms with E-state index in [1.165, 1.54) is 12.3 Å². The van der Waals surface area contributed by atoms with Gasteiger partial charge in [-0.15, -0.1) is 0 Å². The SMILES string of the molecule is CCOc1cc2ncc(C#N)c(Nc3ccc(OCc4ccccn4)c(Cl)c3)c2cc1NC(=O)/C=C/CN(C)C.O=C(O)C=CC(=O)O. The Morgan fingerprint density at radius 1 is 1.00 bits per heavy atom. The Balaban J connectivity index is 0.000000694. The van der Waals surface area contributed by atoms with Gasteiger partial charge in [0.05, 0.1) is 39.8 Å². The second-order valence-corrected chi connectivity index (χ2v) is 10.4. The van der Waals surface area contributed by atoms with Gasteiger partial charge in [0.15, 0.2) is 0 Å². The molecule has 0 radical (unpaired) electrons. The van der Waals surface area contributed by atoms with Crippen LogP contribution < -0.4 is 20.1 Å². The number of hydrogen-bond donors (Lipinski definition) is 4. The molecule has 0 bridgehead atoms. The number of rotatable bonds is 13. The molecule has 0 unspecified atom stereocenters. The van der Waals surface area contributed by atoms with Gasteiger partial charge in [-0.3, -0.25) is 14.8 Å². The van der Waals surface area contributed by atoms with Gasteiger partial charge in [0.25, 0.3) is 0 Å². The summed E-state index contributed by atoms with van der Waals surface area (Å²) in [6.07, 6.45) is 7.56. The molecule has 1 amide bonds. The number of ether oxygens (including phenoxy) is 2. The van der Waals surface area contributed by atoms with Gasteiger partial charge >= 0.3 is 11.9 Å². The molecule has 4 aromatic rings. The molecule has 48 heavy (non-hydrogen) atoms. The number of nitriles is 1. The molecule has 0 saturated heterocycles. The molecule has 4 N–H and O–H groups in total. The van der Waals surface area contributed by atoms with Crippen molar-refractivity contribution in [2.24, 2.45) is 0 Å². The van der Waals surface area contributed by atoms with E-state index in [1.807, 2.05) is 44.1 Å². The van der Waals surface area contributed by atoms with E-state index in [0.29, 0.717) is 75.4 Å². The van der Waals surface area contributed by atoms with Gasteiger partial charge < -0.3 is 35.2 Å². The summed E-state index contributed by atoms with van der Waals surface area (Å²) in [5.41, 5.74) is 3.33. The maximum absolute atomic E-state index is 12.6. The van der Waals surface area contributed by atoms with Gasteiger partial charge in [-0.05, 0) is 57.4 Å². The summed E-state index contributed by atoms with van der Waals surface area (Å²) in [6, 6.07) is 16.6. The zero-order valence-electron chi connectivity index (χ0n) is 26.3. The van der Waals surface area contributed by atoms with Crippen molar-refractivity contribution in [3.8, 4) is 17.6 Å². The first-order chi connectivity index (χ1) is 23.0. The van der Waals surface area contributed by atoms with Gasteiger partial charge in [-0.1, -0.05) is 23.7 Å². The monoisotopic (exact) mass is 672 g/mol. The maximum atomic E-state index is 12.6. The fraction of sp³-hybridized carbons (Fsp3) is 0.176. The summed E-state index contributed by atoms with van der Waals surface area (Å²) in [5, 5.41) is 32.7. The molecule has 0 aliphatic carbocycles. The topological polar surface area (TPSA) is 187 Å². The van der Waals surface area contributed by atoms with Crippen LogP contribution in [0.1, 0.15) is 18.2 Å². The number of likely N-dealkylation sites (N-methyl/N-ethyl adjacent to an activating group) is 1. The molecule has 0 spiro atoms. The summed E-state index contributed by atoms with van der Waals surface area (Å²) in [6.45, 7) is 3.17. The number of carbonyl (C=O) groups is 3. The lowest BCUT2D eigenvalue weighted by atomic mass is 10.1. The van der Waals surface area contributed by atoms with E-state index in [-0.39, 0.29) is 12.5 Å². The van der Waals surface area contributed by atoms with Gasteiger partial charge in [0.2, 0.25) is 5.91 Å². The lowest BCUT2D eigenvalue weighted by molar-refractivity contribution is -0.134. The molecular weight excluding hydrogens is 640 g/mol. The van der Waals surface area contributed by atoms with E-state index in [4.69, 9.17) is 31.3 Å². The third kappa shape index (κ3) is 11.4. The van der Waals surface area contributed by atoms with Crippen molar-refractivity contribution < 1.29 is 34.1 Å². The van der Waals surface area contributed by atoms with Crippen LogP contribution in [0, 0.1) is 11.3 Å². The van der Waals surface area contributed by atoms with Crippen molar-refractivity contribution in [2.75, 3.05) is 37.9 Å². The molecule has 0 atom stereocenters. The van der Waals surface area contributed by atoms with Gasteiger partial charge in [-0.25, -0.2) is 9.59 Å². The standard InChI is InChI=1S/C30H29ClN6O3.C4H4O4/c1-4-39-28-16-25-23(15-26(28)36-29(38)9-7-13-37(2)3)30(20(17-32)18-34-25)35-21-10-11-27(24(31)14-21)40-19-22-8-5-6-12-33-22;5-3(6)1-2-4(7)8/h5-12,14-16,18H,4,13,19H2,1-3H3,(H,34,35)(H,36,38);1-2H,(H,5,6)(H,7,8)/b9-7+;.